The summed E-state index contributed by atoms with van der Waals surface area (Å²) in [5, 5.41) is 28.5. The zero-order valence-corrected chi connectivity index (χ0v) is 10.9. The molecule has 1 heterocycles. The number of aliphatic hydroxyl groups excluding tert-OH is 3. The molecule has 17 heavy (non-hydrogen) atoms. The van der Waals surface area contributed by atoms with E-state index in [9.17, 15) is 15.3 Å². The van der Waals surface area contributed by atoms with Gasteiger partial charge in [0.15, 0.2) is 0 Å². The van der Waals surface area contributed by atoms with Crippen molar-refractivity contribution in [2.45, 2.75) is 63.8 Å². The summed E-state index contributed by atoms with van der Waals surface area (Å²) >= 11 is 0. The third-order valence-corrected chi connectivity index (χ3v) is 3.51. The molecule has 0 bridgehead atoms. The summed E-state index contributed by atoms with van der Waals surface area (Å²) in [4.78, 5) is 2.04. The van der Waals surface area contributed by atoms with E-state index in [-0.39, 0.29) is 0 Å². The van der Waals surface area contributed by atoms with Crippen molar-refractivity contribution in [1.29, 1.82) is 0 Å². The number of unbranched alkanes of at least 4 members (excludes halogenated alkanes) is 5. The van der Waals surface area contributed by atoms with E-state index in [0.29, 0.717) is 13.1 Å². The second-order valence-electron chi connectivity index (χ2n) is 5.15. The maximum atomic E-state index is 9.54. The van der Waals surface area contributed by atoms with Crippen LogP contribution in [0, 0.1) is 0 Å². The van der Waals surface area contributed by atoms with Gasteiger partial charge >= 0.3 is 0 Å². The SMILES string of the molecule is CCCCCCCCN1C[C@@H](O)C(O)[C@H](O)C1. The Labute approximate surface area is 104 Å². The molecule has 1 aliphatic rings. The van der Waals surface area contributed by atoms with Crippen LogP contribution in [0.15, 0.2) is 0 Å². The molecule has 0 aromatic carbocycles. The van der Waals surface area contributed by atoms with Gasteiger partial charge in [0.05, 0.1) is 12.2 Å². The predicted octanol–water partition coefficient (Wildman–Crippen LogP) is 0.745. The van der Waals surface area contributed by atoms with Gasteiger partial charge in [0.1, 0.15) is 6.10 Å². The molecular weight excluding hydrogens is 218 g/mol. The summed E-state index contributed by atoms with van der Waals surface area (Å²) in [5.74, 6) is 0. The van der Waals surface area contributed by atoms with Crippen LogP contribution >= 0.6 is 0 Å². The van der Waals surface area contributed by atoms with Gasteiger partial charge in [-0.15, -0.1) is 0 Å². The molecule has 1 saturated heterocycles. The van der Waals surface area contributed by atoms with Crippen LogP contribution in [0.4, 0.5) is 0 Å². The standard InChI is InChI=1S/C13H27NO3/c1-2-3-4-5-6-7-8-14-9-11(15)13(17)12(16)10-14/h11-13,15-17H,2-10H2,1H3/t11-,12-/m1/s1. The fourth-order valence-electron chi connectivity index (χ4n) is 2.37. The van der Waals surface area contributed by atoms with Gasteiger partial charge in [-0.1, -0.05) is 39.0 Å². The fourth-order valence-corrected chi connectivity index (χ4v) is 2.37. The highest BCUT2D eigenvalue weighted by Gasteiger charge is 2.32. The van der Waals surface area contributed by atoms with Crippen molar-refractivity contribution in [1.82, 2.24) is 4.90 Å². The van der Waals surface area contributed by atoms with E-state index in [2.05, 4.69) is 6.92 Å². The predicted molar refractivity (Wildman–Crippen MR) is 67.8 cm³/mol. The lowest BCUT2D eigenvalue weighted by Crippen LogP contribution is -2.55. The fraction of sp³-hybridized carbons (Fsp3) is 1.00. The van der Waals surface area contributed by atoms with Gasteiger partial charge in [0, 0.05) is 13.1 Å². The quantitative estimate of drug-likeness (QED) is 0.579. The van der Waals surface area contributed by atoms with Gasteiger partial charge in [-0.25, -0.2) is 0 Å². The number of likely N-dealkylation sites (tertiary alicyclic amines) is 1. The first-order valence-electron chi connectivity index (χ1n) is 6.91. The summed E-state index contributed by atoms with van der Waals surface area (Å²) in [6.45, 7) is 4.08. The Balaban J connectivity index is 2.07. The normalized spacial score (nSPS) is 27.5. The van der Waals surface area contributed by atoms with Crippen LogP contribution in [0.1, 0.15) is 45.4 Å². The summed E-state index contributed by atoms with van der Waals surface area (Å²) in [5.41, 5.74) is 0. The third-order valence-electron chi connectivity index (χ3n) is 3.51. The van der Waals surface area contributed by atoms with E-state index in [4.69, 9.17) is 0 Å². The van der Waals surface area contributed by atoms with Gasteiger partial charge in [0.25, 0.3) is 0 Å². The smallest absolute Gasteiger partial charge is 0.108 e. The largest absolute Gasteiger partial charge is 0.389 e. The molecule has 0 aliphatic carbocycles. The molecule has 0 unspecified atom stereocenters. The van der Waals surface area contributed by atoms with Crippen LogP contribution < -0.4 is 0 Å². The van der Waals surface area contributed by atoms with E-state index in [0.717, 1.165) is 13.0 Å². The number of nitrogens with zero attached hydrogens (tertiary/aromatic N) is 1. The number of hydrogen-bond donors (Lipinski definition) is 3. The molecule has 3 N–H and O–H groups in total. The topological polar surface area (TPSA) is 63.9 Å². The second-order valence-corrected chi connectivity index (χ2v) is 5.15. The van der Waals surface area contributed by atoms with Crippen LogP contribution in [0.25, 0.3) is 0 Å². The zero-order valence-electron chi connectivity index (χ0n) is 10.9. The molecule has 0 amide bonds. The lowest BCUT2D eigenvalue weighted by molar-refractivity contribution is -0.109. The molecule has 1 aliphatic heterocycles. The van der Waals surface area contributed by atoms with Crippen LogP contribution in [0.3, 0.4) is 0 Å². The van der Waals surface area contributed by atoms with Crippen molar-refractivity contribution in [3.63, 3.8) is 0 Å². The Kier molecular flexibility index (Phi) is 7.04. The zero-order chi connectivity index (χ0) is 12.7. The van der Waals surface area contributed by atoms with Gasteiger partial charge in [-0.3, -0.25) is 4.90 Å². The van der Waals surface area contributed by atoms with Crippen molar-refractivity contribution < 1.29 is 15.3 Å². The highest BCUT2D eigenvalue weighted by molar-refractivity contribution is 4.86. The van der Waals surface area contributed by atoms with Crippen LogP contribution in [-0.2, 0) is 0 Å². The number of β-amino-alcohol motifs (C(OH)–C–C–N with tert-alkyl or cyclic N) is 2. The van der Waals surface area contributed by atoms with Crippen LogP contribution in [0.5, 0.6) is 0 Å². The van der Waals surface area contributed by atoms with Crippen LogP contribution in [0.2, 0.25) is 0 Å². The van der Waals surface area contributed by atoms with Crippen LogP contribution in [-0.4, -0.2) is 58.2 Å². The Hall–Kier alpha value is -0.160. The average Bonchev–Trinajstić information content (AvgIpc) is 2.30. The average molecular weight is 245 g/mol. The van der Waals surface area contributed by atoms with Gasteiger partial charge < -0.3 is 15.3 Å². The molecule has 1 rings (SSSR count). The molecule has 0 saturated carbocycles. The summed E-state index contributed by atoms with van der Waals surface area (Å²) in [6, 6.07) is 0. The monoisotopic (exact) mass is 245 g/mol. The molecule has 0 spiro atoms. The summed E-state index contributed by atoms with van der Waals surface area (Å²) in [6.07, 6.45) is 4.89. The maximum absolute atomic E-state index is 9.54. The summed E-state index contributed by atoms with van der Waals surface area (Å²) < 4.78 is 0. The van der Waals surface area contributed by atoms with Gasteiger partial charge in [-0.05, 0) is 13.0 Å². The van der Waals surface area contributed by atoms with Crippen molar-refractivity contribution in [3.8, 4) is 0 Å². The molecule has 0 radical (unpaired) electrons. The van der Waals surface area contributed by atoms with E-state index >= 15 is 0 Å². The molecule has 0 aromatic rings. The first-order chi connectivity index (χ1) is 8.15. The van der Waals surface area contributed by atoms with Crippen molar-refractivity contribution >= 4 is 0 Å². The molecule has 4 nitrogen and oxygen atoms in total. The molecule has 4 heteroatoms. The van der Waals surface area contributed by atoms with E-state index in [1.807, 2.05) is 4.90 Å². The Bertz CT molecular complexity index is 189. The minimum Gasteiger partial charge on any atom is -0.389 e. The highest BCUT2D eigenvalue weighted by atomic mass is 16.4. The Morgan fingerprint density at radius 3 is 2.00 bits per heavy atom. The van der Waals surface area contributed by atoms with Gasteiger partial charge in [-0.2, -0.15) is 0 Å². The van der Waals surface area contributed by atoms with Crippen molar-refractivity contribution in [2.75, 3.05) is 19.6 Å². The number of aliphatic hydroxyl groups is 3. The van der Waals surface area contributed by atoms with E-state index in [1.54, 1.807) is 0 Å². The lowest BCUT2D eigenvalue weighted by Gasteiger charge is -2.36. The molecule has 1 fully saturated rings. The van der Waals surface area contributed by atoms with Gasteiger partial charge in [0.2, 0.25) is 0 Å². The Morgan fingerprint density at radius 2 is 1.41 bits per heavy atom. The van der Waals surface area contributed by atoms with Crippen molar-refractivity contribution in [3.05, 3.63) is 0 Å². The highest BCUT2D eigenvalue weighted by Crippen LogP contribution is 2.13. The van der Waals surface area contributed by atoms with E-state index in [1.165, 1.54) is 32.1 Å². The molecule has 0 aromatic heterocycles. The number of rotatable bonds is 7. The molecule has 102 valence electrons. The minimum atomic E-state index is -0.976. The Morgan fingerprint density at radius 1 is 0.882 bits per heavy atom. The second kappa shape index (κ2) is 8.03. The number of piperidine rings is 1. The first-order valence-corrected chi connectivity index (χ1v) is 6.91. The minimum absolute atomic E-state index is 0.479. The van der Waals surface area contributed by atoms with E-state index < -0.39 is 18.3 Å². The lowest BCUT2D eigenvalue weighted by atomic mass is 10.0. The number of hydrogen-bond acceptors (Lipinski definition) is 4. The summed E-state index contributed by atoms with van der Waals surface area (Å²) in [7, 11) is 0. The van der Waals surface area contributed by atoms with Crippen molar-refractivity contribution in [2.24, 2.45) is 0 Å². The maximum Gasteiger partial charge on any atom is 0.108 e. The third kappa shape index (κ3) is 5.34. The first kappa shape index (κ1) is 14.9. The molecule has 2 atom stereocenters. The molecular formula is C13H27NO3.